The van der Waals surface area contributed by atoms with Crippen LogP contribution in [0.1, 0.15) is 168 Å². The third-order valence-electron chi connectivity index (χ3n) is 26.2. The fraction of sp³-hybridized carbons (Fsp3) is 0.306. The van der Waals surface area contributed by atoms with E-state index in [-0.39, 0.29) is 81.0 Å². The van der Waals surface area contributed by atoms with Gasteiger partial charge in [0.2, 0.25) is 6.79 Å². The number of aromatic nitrogens is 1. The van der Waals surface area contributed by atoms with E-state index < -0.39 is 42.0 Å². The minimum Gasteiger partial charge on any atom is -0.497 e. The molecule has 1 aliphatic carbocycles. The summed E-state index contributed by atoms with van der Waals surface area (Å²) < 4.78 is 36.7. The van der Waals surface area contributed by atoms with E-state index in [4.69, 9.17) is 33.2 Å². The molecule has 4 fully saturated rings. The number of rotatable bonds is 42. The van der Waals surface area contributed by atoms with Crippen molar-refractivity contribution in [2.45, 2.75) is 163 Å². The van der Waals surface area contributed by atoms with Crippen LogP contribution in [-0.2, 0) is 81.8 Å². The summed E-state index contributed by atoms with van der Waals surface area (Å²) in [7, 11) is 2.90. The number of urea groups is 1. The number of pyridine rings is 1. The fourth-order valence-electron chi connectivity index (χ4n) is 18.5. The Balaban J connectivity index is 0.000000162. The molecule has 752 valence electrons. The zero-order valence-electron chi connectivity index (χ0n) is 84.6. The molecule has 0 saturated carbocycles. The van der Waals surface area contributed by atoms with Crippen LogP contribution in [0.4, 0.5) is 21.9 Å². The number of hydrogen-bond acceptors (Lipinski definition) is 20. The molecular formula is C121H132N8O16. The van der Waals surface area contributed by atoms with Crippen molar-refractivity contribution in [3.8, 4) is 23.0 Å². The molecular weight excluding hydrogens is 1820 g/mol. The number of ketones is 3. The second-order valence-corrected chi connectivity index (χ2v) is 37.3. The van der Waals surface area contributed by atoms with E-state index in [1.165, 1.54) is 62.1 Å². The number of carbonyl (C=O) groups excluding carboxylic acids is 9. The molecule has 0 N–H and O–H groups in total. The fourth-order valence-corrected chi connectivity index (χ4v) is 18.5. The highest BCUT2D eigenvalue weighted by atomic mass is 16.7. The highest BCUT2D eigenvalue weighted by Crippen LogP contribution is 2.41. The first-order chi connectivity index (χ1) is 70.1. The first-order valence-electron chi connectivity index (χ1n) is 49.5. The lowest BCUT2D eigenvalue weighted by atomic mass is 9.92. The maximum absolute atomic E-state index is 13.6. The number of para-hydroxylation sites is 1. The molecule has 6 heterocycles. The number of hydrogen-bond donors (Lipinski definition) is 0. The summed E-state index contributed by atoms with van der Waals surface area (Å²) in [6, 6.07) is 68.4. The van der Waals surface area contributed by atoms with E-state index >= 15 is 0 Å². The maximum Gasteiger partial charge on any atom is 0.338 e. The van der Waals surface area contributed by atoms with Gasteiger partial charge in [-0.25, -0.2) is 19.3 Å². The Kier molecular flexibility index (Phi) is 38.4. The van der Waals surface area contributed by atoms with Crippen molar-refractivity contribution >= 4 is 81.2 Å². The minimum absolute atomic E-state index is 0.0123. The first-order valence-corrected chi connectivity index (χ1v) is 49.5. The van der Waals surface area contributed by atoms with Gasteiger partial charge in [-0.05, 0) is 255 Å². The number of nitrogens with zero attached hydrogens (tertiary/aromatic N) is 8. The molecule has 5 aliphatic heterocycles. The minimum atomic E-state index is -0.958. The van der Waals surface area contributed by atoms with Crippen LogP contribution in [0.25, 0.3) is 11.1 Å². The highest BCUT2D eigenvalue weighted by molar-refractivity contribution is 6.22. The maximum atomic E-state index is 13.6. The number of imide groups is 1. The summed E-state index contributed by atoms with van der Waals surface area (Å²) in [5.41, 5.74) is 21.3. The number of Topliss-reactive ketones (excluding diaryl/α,β-unsaturated/α-hetero) is 3. The van der Waals surface area contributed by atoms with Gasteiger partial charge in [0.25, 0.3) is 17.7 Å². The van der Waals surface area contributed by atoms with Gasteiger partial charge < -0.3 is 47.9 Å². The Morgan fingerprint density at radius 2 is 1.04 bits per heavy atom. The number of esters is 2. The molecule has 1 aromatic heterocycles. The Bertz CT molecular complexity index is 6390. The van der Waals surface area contributed by atoms with Gasteiger partial charge in [-0.3, -0.25) is 48.5 Å². The van der Waals surface area contributed by atoms with Crippen LogP contribution >= 0.6 is 0 Å². The van der Waals surface area contributed by atoms with Crippen LogP contribution in [0.15, 0.2) is 328 Å². The molecule has 10 aromatic rings. The van der Waals surface area contributed by atoms with Crippen molar-refractivity contribution in [2.24, 2.45) is 5.92 Å². The van der Waals surface area contributed by atoms with Gasteiger partial charge in [-0.15, -0.1) is 6.58 Å². The number of aryl methyl sites for hydroxylation is 2. The van der Waals surface area contributed by atoms with Gasteiger partial charge in [-0.2, -0.15) is 0 Å². The molecule has 0 spiro atoms. The van der Waals surface area contributed by atoms with Crippen LogP contribution in [0.3, 0.4) is 0 Å². The third-order valence-corrected chi connectivity index (χ3v) is 26.2. The Morgan fingerprint density at radius 3 is 1.63 bits per heavy atom. The average Bonchev–Trinajstić information content (AvgIpc) is 1.64. The number of methoxy groups -OCH3 is 2. The SMILES string of the molecule is C=C1N(c2ccc(C)cc2)C(=O)C(CC(=O)Cc2ccc(C(=O)OCC)cc2)N1Cc1cccnc1.C=C1N(c2ccc(OC)cc2)C(=O)C(CC(=O)Cc2ccc(OCC)cc2)N1CCN1CCOCC1.C=CCC1=C(CCC(=C)c2cccc(C)c2)CC=C1CCC(=C)Cc1cccc(C(=C)CC(C)C)c1.COC(=O)c1ccc(CC(=O)CC2C(=O)N(c3ccccc3)C(=O)N2Cc2ccc3c(c2)OCO3)cc1. The summed E-state index contributed by atoms with van der Waals surface area (Å²) in [6.07, 6.45) is 16.6. The normalized spacial score (nSPS) is 15.8. The van der Waals surface area contributed by atoms with Crippen molar-refractivity contribution in [1.29, 1.82) is 0 Å². The number of anilines is 3. The molecule has 24 nitrogen and oxygen atoms in total. The summed E-state index contributed by atoms with van der Waals surface area (Å²) >= 11 is 0. The van der Waals surface area contributed by atoms with Crippen molar-refractivity contribution in [3.63, 3.8) is 0 Å². The third kappa shape index (κ3) is 29.0. The van der Waals surface area contributed by atoms with Gasteiger partial charge in [-0.1, -0.05) is 209 Å². The second-order valence-electron chi connectivity index (χ2n) is 37.3. The van der Waals surface area contributed by atoms with Gasteiger partial charge >= 0.3 is 18.0 Å². The summed E-state index contributed by atoms with van der Waals surface area (Å²) in [5.74, 6) is 2.52. The van der Waals surface area contributed by atoms with Gasteiger partial charge in [0.1, 0.15) is 58.6 Å². The lowest BCUT2D eigenvalue weighted by Gasteiger charge is -2.31. The Hall–Kier alpha value is -15.4. The highest BCUT2D eigenvalue weighted by Gasteiger charge is 2.48. The van der Waals surface area contributed by atoms with E-state index in [2.05, 4.69) is 125 Å². The number of fused-ring (bicyclic) bond motifs is 1. The summed E-state index contributed by atoms with van der Waals surface area (Å²) in [6.45, 7) is 44.0. The average molecular weight is 1950 g/mol. The predicted molar refractivity (Wildman–Crippen MR) is 569 cm³/mol. The molecule has 3 atom stereocenters. The standard InChI is InChI=1S/C36H44.C29H29N3O4.C28H35N3O5.C28H24N2O7/c1-8-11-36-32(20-21-33(36)19-17-29(6)34-14-9-12-27(4)24-34)18-16-28(5)23-31-13-10-15-35(25-31)30(7)22-26(2)3;1-4-36-29(35)24-11-9-22(10-12-24)16-26(33)17-27-28(34)32(25-13-7-20(2)8-14-25)21(3)31(27)19-23-6-5-15-30-18-23;1-4-36-26-9-5-22(6-10-26)19-24(32)20-27-28(33)31(23-7-11-25(34-3)12-8-23)21(2)30(27)14-13-29-15-17-35-18-16-29;1-35-27(33)20-10-7-18(8-11-20)13-22(31)15-23-26(32)30(21-5-3-2-4-6-21)28(34)29(23)16-19-9-12-24-25(14-19)37-17-36-24/h8-10,12-15,20,24-26H,1,5-7,11,16-19,21-23H2,2-4H3;5-15,18,27H,3-4,16-17,19H2,1-2H3;5-12,27H,2,4,13-20H2,1,3H3;2-12,14,23H,13,15-17H2,1H3. The van der Waals surface area contributed by atoms with E-state index in [1.54, 1.807) is 139 Å². The summed E-state index contributed by atoms with van der Waals surface area (Å²) in [5, 5.41) is 0. The van der Waals surface area contributed by atoms with Crippen LogP contribution in [-0.4, -0.2) is 169 Å². The monoisotopic (exact) mass is 1950 g/mol. The lowest BCUT2D eigenvalue weighted by molar-refractivity contribution is -0.125. The van der Waals surface area contributed by atoms with E-state index in [0.717, 1.165) is 115 Å². The molecule has 24 heteroatoms. The molecule has 0 bridgehead atoms. The number of carbonyl (C=O) groups is 9. The zero-order valence-corrected chi connectivity index (χ0v) is 84.6. The van der Waals surface area contributed by atoms with Gasteiger partial charge in [0, 0.05) is 90.2 Å². The molecule has 4 saturated heterocycles. The van der Waals surface area contributed by atoms with Crippen LogP contribution in [0, 0.1) is 19.8 Å². The van der Waals surface area contributed by atoms with Crippen LogP contribution in [0.2, 0.25) is 0 Å². The van der Waals surface area contributed by atoms with Crippen LogP contribution in [0.5, 0.6) is 23.0 Å². The number of benzene rings is 9. The number of amides is 5. The van der Waals surface area contributed by atoms with Crippen molar-refractivity contribution in [3.05, 3.63) is 395 Å². The molecule has 0 radical (unpaired) electrons. The predicted octanol–water partition coefficient (Wildman–Crippen LogP) is 21.9. The zero-order chi connectivity index (χ0) is 103. The van der Waals surface area contributed by atoms with Crippen molar-refractivity contribution in [2.75, 3.05) is 88.3 Å². The van der Waals surface area contributed by atoms with E-state index in [1.807, 2.05) is 115 Å². The molecule has 9 aromatic carbocycles. The molecule has 5 amide bonds. The van der Waals surface area contributed by atoms with Gasteiger partial charge in [0.15, 0.2) is 11.5 Å². The second kappa shape index (κ2) is 52.0. The smallest absolute Gasteiger partial charge is 0.338 e. The first kappa shape index (κ1) is 107. The Labute approximate surface area is 852 Å². The van der Waals surface area contributed by atoms with Crippen molar-refractivity contribution < 1.29 is 76.3 Å². The topological polar surface area (TPSA) is 254 Å². The molecule has 145 heavy (non-hydrogen) atoms. The number of ether oxygens (including phenoxy) is 7. The van der Waals surface area contributed by atoms with Gasteiger partial charge in [0.05, 0.1) is 68.8 Å². The van der Waals surface area contributed by atoms with E-state index in [9.17, 15) is 43.2 Å². The molecule has 3 unspecified atom stereocenters. The van der Waals surface area contributed by atoms with Crippen molar-refractivity contribution in [1.82, 2.24) is 24.6 Å². The largest absolute Gasteiger partial charge is 0.497 e. The lowest BCUT2D eigenvalue weighted by Crippen LogP contribution is -2.43. The number of morpholine rings is 1. The van der Waals surface area contributed by atoms with E-state index in [0.29, 0.717) is 102 Å². The van der Waals surface area contributed by atoms with Crippen LogP contribution < -0.4 is 33.6 Å². The quantitative estimate of drug-likeness (QED) is 0.0196. The Morgan fingerprint density at radius 1 is 0.497 bits per heavy atom. The molecule has 16 rings (SSSR count). The summed E-state index contributed by atoms with van der Waals surface area (Å²) in [4.78, 5) is 133. The molecule has 6 aliphatic rings. The number of allylic oxidation sites excluding steroid dienone is 8.